The van der Waals surface area contributed by atoms with Crippen molar-refractivity contribution in [1.82, 2.24) is 10.2 Å². The molecule has 1 saturated heterocycles. The first kappa shape index (κ1) is 14.0. The SMILES string of the molecule is CCN(C(=O)c1cc(C)cc(F)c1)C1CCCNC1. The maximum atomic E-state index is 13.4. The van der Waals surface area contributed by atoms with Gasteiger partial charge in [-0.1, -0.05) is 0 Å². The minimum Gasteiger partial charge on any atom is -0.335 e. The fraction of sp³-hybridized carbons (Fsp3) is 0.533. The molecule has 0 saturated carbocycles. The molecule has 3 nitrogen and oxygen atoms in total. The summed E-state index contributed by atoms with van der Waals surface area (Å²) in [7, 11) is 0. The van der Waals surface area contributed by atoms with Gasteiger partial charge in [0.1, 0.15) is 5.82 Å². The van der Waals surface area contributed by atoms with Gasteiger partial charge in [0, 0.05) is 24.7 Å². The summed E-state index contributed by atoms with van der Waals surface area (Å²) >= 11 is 0. The average molecular weight is 264 g/mol. The molecule has 0 radical (unpaired) electrons. The predicted molar refractivity (Wildman–Crippen MR) is 73.7 cm³/mol. The van der Waals surface area contributed by atoms with Crippen LogP contribution in [0.5, 0.6) is 0 Å². The number of hydrogen-bond donors (Lipinski definition) is 1. The highest BCUT2D eigenvalue weighted by molar-refractivity contribution is 5.94. The summed E-state index contributed by atoms with van der Waals surface area (Å²) in [6.07, 6.45) is 2.09. The second-order valence-corrected chi connectivity index (χ2v) is 5.11. The number of benzene rings is 1. The number of rotatable bonds is 3. The van der Waals surface area contributed by atoms with Crippen LogP contribution in [0, 0.1) is 12.7 Å². The fourth-order valence-corrected chi connectivity index (χ4v) is 2.69. The van der Waals surface area contributed by atoms with Crippen LogP contribution in [0.1, 0.15) is 35.7 Å². The van der Waals surface area contributed by atoms with Gasteiger partial charge in [-0.05, 0) is 57.0 Å². The molecule has 0 aromatic heterocycles. The van der Waals surface area contributed by atoms with Crippen LogP contribution in [0.25, 0.3) is 0 Å². The molecule has 1 unspecified atom stereocenters. The van der Waals surface area contributed by atoms with Crippen molar-refractivity contribution in [1.29, 1.82) is 0 Å². The lowest BCUT2D eigenvalue weighted by atomic mass is 10.0. The van der Waals surface area contributed by atoms with E-state index >= 15 is 0 Å². The lowest BCUT2D eigenvalue weighted by Crippen LogP contribution is -2.48. The van der Waals surface area contributed by atoms with Crippen LogP contribution in [0.2, 0.25) is 0 Å². The van der Waals surface area contributed by atoms with Gasteiger partial charge in [-0.3, -0.25) is 4.79 Å². The molecule has 1 aliphatic rings. The molecule has 1 fully saturated rings. The van der Waals surface area contributed by atoms with Gasteiger partial charge < -0.3 is 10.2 Å². The second kappa shape index (κ2) is 6.15. The Bertz CT molecular complexity index is 435. The maximum absolute atomic E-state index is 13.4. The predicted octanol–water partition coefficient (Wildman–Crippen LogP) is 2.35. The van der Waals surface area contributed by atoms with Crippen molar-refractivity contribution >= 4 is 5.91 Å². The van der Waals surface area contributed by atoms with Gasteiger partial charge in [-0.25, -0.2) is 4.39 Å². The highest BCUT2D eigenvalue weighted by Gasteiger charge is 2.25. The minimum absolute atomic E-state index is 0.0706. The third-order valence-electron chi connectivity index (χ3n) is 3.60. The number of aryl methyl sites for hydroxylation is 1. The zero-order valence-corrected chi connectivity index (χ0v) is 11.6. The van der Waals surface area contributed by atoms with E-state index in [1.165, 1.54) is 12.1 Å². The first-order valence-corrected chi connectivity index (χ1v) is 6.90. The number of likely N-dealkylation sites (N-methyl/N-ethyl adjacent to an activating group) is 1. The molecule has 1 heterocycles. The van der Waals surface area contributed by atoms with Crippen LogP contribution in [0.3, 0.4) is 0 Å². The van der Waals surface area contributed by atoms with E-state index in [9.17, 15) is 9.18 Å². The number of nitrogens with one attached hydrogen (secondary N) is 1. The minimum atomic E-state index is -0.346. The van der Waals surface area contributed by atoms with Crippen molar-refractivity contribution in [2.75, 3.05) is 19.6 Å². The largest absolute Gasteiger partial charge is 0.335 e. The van der Waals surface area contributed by atoms with Gasteiger partial charge in [0.25, 0.3) is 5.91 Å². The molecule has 1 N–H and O–H groups in total. The maximum Gasteiger partial charge on any atom is 0.254 e. The normalized spacial score (nSPS) is 19.2. The first-order valence-electron chi connectivity index (χ1n) is 6.90. The Balaban J connectivity index is 2.19. The van der Waals surface area contributed by atoms with Crippen molar-refractivity contribution in [3.05, 3.63) is 35.1 Å². The monoisotopic (exact) mass is 264 g/mol. The standard InChI is InChI=1S/C15H21FN2O/c1-3-18(14-5-4-6-17-10-14)15(19)12-7-11(2)8-13(16)9-12/h7-9,14,17H,3-6,10H2,1-2H3. The van der Waals surface area contributed by atoms with Crippen molar-refractivity contribution in [3.8, 4) is 0 Å². The van der Waals surface area contributed by atoms with Crippen LogP contribution >= 0.6 is 0 Å². The van der Waals surface area contributed by atoms with Gasteiger partial charge in [-0.15, -0.1) is 0 Å². The third kappa shape index (κ3) is 3.32. The molecule has 1 atom stereocenters. The molecule has 1 aromatic carbocycles. The molecule has 1 aromatic rings. The molecule has 4 heteroatoms. The van der Waals surface area contributed by atoms with E-state index in [-0.39, 0.29) is 17.8 Å². The Hall–Kier alpha value is -1.42. The van der Waals surface area contributed by atoms with E-state index in [1.807, 2.05) is 11.8 Å². The topological polar surface area (TPSA) is 32.3 Å². The highest BCUT2D eigenvalue weighted by atomic mass is 19.1. The summed E-state index contributed by atoms with van der Waals surface area (Å²) in [5, 5.41) is 3.31. The Labute approximate surface area is 113 Å². The summed E-state index contributed by atoms with van der Waals surface area (Å²) in [4.78, 5) is 14.4. The van der Waals surface area contributed by atoms with E-state index in [0.29, 0.717) is 12.1 Å². The molecule has 104 valence electrons. The summed E-state index contributed by atoms with van der Waals surface area (Å²) in [5.41, 5.74) is 1.23. The van der Waals surface area contributed by atoms with Gasteiger partial charge >= 0.3 is 0 Å². The quantitative estimate of drug-likeness (QED) is 0.909. The van der Waals surface area contributed by atoms with E-state index in [1.54, 1.807) is 13.0 Å². The second-order valence-electron chi connectivity index (χ2n) is 5.11. The lowest BCUT2D eigenvalue weighted by molar-refractivity contribution is 0.0661. The van der Waals surface area contributed by atoms with Gasteiger partial charge in [0.15, 0.2) is 0 Å². The Morgan fingerprint density at radius 2 is 2.26 bits per heavy atom. The van der Waals surface area contributed by atoms with Gasteiger partial charge in [-0.2, -0.15) is 0 Å². The molecule has 0 aliphatic carbocycles. The van der Waals surface area contributed by atoms with Crippen LogP contribution < -0.4 is 5.32 Å². The number of carbonyl (C=O) groups excluding carboxylic acids is 1. The van der Waals surface area contributed by atoms with Crippen LogP contribution in [-0.4, -0.2) is 36.5 Å². The van der Waals surface area contributed by atoms with E-state index in [2.05, 4.69) is 5.32 Å². The summed E-state index contributed by atoms with van der Waals surface area (Å²) in [6, 6.07) is 4.74. The Morgan fingerprint density at radius 1 is 1.47 bits per heavy atom. The van der Waals surface area contributed by atoms with Crippen molar-refractivity contribution in [2.45, 2.75) is 32.7 Å². The molecule has 1 aliphatic heterocycles. The lowest BCUT2D eigenvalue weighted by Gasteiger charge is -2.34. The molecular formula is C15H21FN2O. The summed E-state index contributed by atoms with van der Waals surface area (Å²) in [5.74, 6) is -0.417. The molecule has 0 bridgehead atoms. The molecule has 1 amide bonds. The fourth-order valence-electron chi connectivity index (χ4n) is 2.69. The molecule has 0 spiro atoms. The molecule has 2 rings (SSSR count). The van der Waals surface area contributed by atoms with Crippen molar-refractivity contribution in [3.63, 3.8) is 0 Å². The number of piperidine rings is 1. The summed E-state index contributed by atoms with van der Waals surface area (Å²) < 4.78 is 13.4. The van der Waals surface area contributed by atoms with Gasteiger partial charge in [0.05, 0.1) is 0 Å². The zero-order valence-electron chi connectivity index (χ0n) is 11.6. The van der Waals surface area contributed by atoms with E-state index in [0.717, 1.165) is 31.5 Å². The highest BCUT2D eigenvalue weighted by Crippen LogP contribution is 2.16. The summed E-state index contributed by atoms with van der Waals surface area (Å²) in [6.45, 7) is 6.27. The number of carbonyl (C=O) groups is 1. The molecular weight excluding hydrogens is 243 g/mol. The zero-order chi connectivity index (χ0) is 13.8. The Kier molecular flexibility index (Phi) is 4.53. The van der Waals surface area contributed by atoms with E-state index < -0.39 is 0 Å². The van der Waals surface area contributed by atoms with Crippen LogP contribution in [-0.2, 0) is 0 Å². The number of hydrogen-bond acceptors (Lipinski definition) is 2. The average Bonchev–Trinajstić information content (AvgIpc) is 2.39. The van der Waals surface area contributed by atoms with Crippen LogP contribution in [0.15, 0.2) is 18.2 Å². The molecule has 19 heavy (non-hydrogen) atoms. The van der Waals surface area contributed by atoms with E-state index in [4.69, 9.17) is 0 Å². The third-order valence-corrected chi connectivity index (χ3v) is 3.60. The van der Waals surface area contributed by atoms with Gasteiger partial charge in [0.2, 0.25) is 0 Å². The number of halogens is 1. The van der Waals surface area contributed by atoms with Crippen molar-refractivity contribution < 1.29 is 9.18 Å². The number of nitrogens with zero attached hydrogens (tertiary/aromatic N) is 1. The first-order chi connectivity index (χ1) is 9.11. The van der Waals surface area contributed by atoms with Crippen LogP contribution in [0.4, 0.5) is 4.39 Å². The smallest absolute Gasteiger partial charge is 0.254 e. The Morgan fingerprint density at radius 3 is 2.84 bits per heavy atom. The van der Waals surface area contributed by atoms with Crippen molar-refractivity contribution in [2.24, 2.45) is 0 Å². The number of amides is 1.